The van der Waals surface area contributed by atoms with Gasteiger partial charge in [0.15, 0.2) is 0 Å². The lowest BCUT2D eigenvalue weighted by Crippen LogP contribution is -2.32. The Hall–Kier alpha value is -0.930. The predicted octanol–water partition coefficient (Wildman–Crippen LogP) is 3.73. The molecule has 3 rings (SSSR count). The van der Waals surface area contributed by atoms with Crippen molar-refractivity contribution in [3.8, 4) is 0 Å². The summed E-state index contributed by atoms with van der Waals surface area (Å²) in [6, 6.07) is 8.99. The first-order valence-corrected chi connectivity index (χ1v) is 7.78. The molecule has 1 saturated heterocycles. The largest absolute Gasteiger partial charge is 0.461 e. The van der Waals surface area contributed by atoms with Crippen LogP contribution in [-0.2, 0) is 6.54 Å². The van der Waals surface area contributed by atoms with Crippen molar-refractivity contribution in [1.29, 1.82) is 0 Å². The van der Waals surface area contributed by atoms with Gasteiger partial charge in [-0.05, 0) is 37.3 Å². The minimum atomic E-state index is 0.680. The Kier molecular flexibility index (Phi) is 3.62. The van der Waals surface area contributed by atoms with Crippen LogP contribution in [-0.4, -0.2) is 17.5 Å². The molecule has 0 radical (unpaired) electrons. The van der Waals surface area contributed by atoms with E-state index in [1.165, 1.54) is 35.3 Å². The lowest BCUT2D eigenvalue weighted by Gasteiger charge is -2.22. The van der Waals surface area contributed by atoms with E-state index in [-0.39, 0.29) is 0 Å². The quantitative estimate of drug-likeness (QED) is 0.911. The Balaban J connectivity index is 1.75. The maximum atomic E-state index is 5.79. The fourth-order valence-corrected chi connectivity index (χ4v) is 3.70. The molecule has 1 aliphatic rings. The van der Waals surface area contributed by atoms with Crippen LogP contribution in [0.1, 0.15) is 24.2 Å². The molecule has 0 atom stereocenters. The highest BCUT2D eigenvalue weighted by Gasteiger charge is 2.15. The zero-order valence-electron chi connectivity index (χ0n) is 10.7. The van der Waals surface area contributed by atoms with Crippen LogP contribution in [0.15, 0.2) is 28.7 Å². The number of hydrogen-bond donors (Lipinski definition) is 1. The third kappa shape index (κ3) is 2.43. The number of aryl methyl sites for hydroxylation is 1. The molecule has 0 amide bonds. The van der Waals surface area contributed by atoms with Gasteiger partial charge in [0, 0.05) is 23.5 Å². The van der Waals surface area contributed by atoms with E-state index < -0.39 is 0 Å². The molecule has 0 bridgehead atoms. The van der Waals surface area contributed by atoms with E-state index in [0.29, 0.717) is 6.04 Å². The van der Waals surface area contributed by atoms with E-state index in [1.54, 1.807) is 0 Å². The summed E-state index contributed by atoms with van der Waals surface area (Å²) in [4.78, 5) is 0. The number of benzene rings is 1. The van der Waals surface area contributed by atoms with Crippen molar-refractivity contribution in [2.45, 2.75) is 32.4 Å². The van der Waals surface area contributed by atoms with Crippen LogP contribution >= 0.6 is 11.8 Å². The van der Waals surface area contributed by atoms with E-state index in [2.05, 4.69) is 36.1 Å². The zero-order chi connectivity index (χ0) is 12.4. The molecule has 1 aliphatic heterocycles. The van der Waals surface area contributed by atoms with Crippen LogP contribution in [0.25, 0.3) is 11.0 Å². The number of furan rings is 1. The highest BCUT2D eigenvalue weighted by Crippen LogP contribution is 2.25. The van der Waals surface area contributed by atoms with Crippen LogP contribution in [0.4, 0.5) is 0 Å². The minimum Gasteiger partial charge on any atom is -0.461 e. The number of hydrogen-bond acceptors (Lipinski definition) is 3. The summed E-state index contributed by atoms with van der Waals surface area (Å²) in [7, 11) is 0. The van der Waals surface area contributed by atoms with Crippen LogP contribution in [0.3, 0.4) is 0 Å². The van der Waals surface area contributed by atoms with Gasteiger partial charge in [-0.1, -0.05) is 18.2 Å². The molecule has 3 heteroatoms. The van der Waals surface area contributed by atoms with Gasteiger partial charge in [0.05, 0.1) is 0 Å². The van der Waals surface area contributed by atoms with Gasteiger partial charge >= 0.3 is 0 Å². The molecule has 0 saturated carbocycles. The van der Waals surface area contributed by atoms with Gasteiger partial charge in [-0.15, -0.1) is 0 Å². The third-order valence-electron chi connectivity index (χ3n) is 3.69. The standard InChI is InChI=1S/C15H19NOS/c1-11-14(10-16-12-6-8-18-9-7-12)13-4-2-3-5-15(13)17-11/h2-5,12,16H,6-10H2,1H3. The molecule has 18 heavy (non-hydrogen) atoms. The summed E-state index contributed by atoms with van der Waals surface area (Å²) >= 11 is 2.07. The van der Waals surface area contributed by atoms with Gasteiger partial charge in [-0.2, -0.15) is 11.8 Å². The summed E-state index contributed by atoms with van der Waals surface area (Å²) in [6.45, 7) is 2.99. The SMILES string of the molecule is Cc1oc2ccccc2c1CNC1CCSCC1. The first kappa shape index (κ1) is 12.1. The smallest absolute Gasteiger partial charge is 0.134 e. The van der Waals surface area contributed by atoms with Gasteiger partial charge in [0.25, 0.3) is 0 Å². The highest BCUT2D eigenvalue weighted by atomic mass is 32.2. The zero-order valence-corrected chi connectivity index (χ0v) is 11.6. The third-order valence-corrected chi connectivity index (χ3v) is 4.74. The highest BCUT2D eigenvalue weighted by molar-refractivity contribution is 7.99. The van der Waals surface area contributed by atoms with Gasteiger partial charge in [0.1, 0.15) is 11.3 Å². The van der Waals surface area contributed by atoms with Gasteiger partial charge < -0.3 is 9.73 Å². The van der Waals surface area contributed by atoms with E-state index >= 15 is 0 Å². The second-order valence-electron chi connectivity index (χ2n) is 4.90. The molecular formula is C15H19NOS. The molecule has 0 unspecified atom stereocenters. The van der Waals surface area contributed by atoms with Gasteiger partial charge in [-0.3, -0.25) is 0 Å². The molecule has 2 aromatic rings. The lowest BCUT2D eigenvalue weighted by molar-refractivity contribution is 0.477. The molecule has 0 aliphatic carbocycles. The van der Waals surface area contributed by atoms with Crippen molar-refractivity contribution in [2.75, 3.05) is 11.5 Å². The monoisotopic (exact) mass is 261 g/mol. The van der Waals surface area contributed by atoms with E-state index in [1.807, 2.05) is 12.1 Å². The number of para-hydroxylation sites is 1. The van der Waals surface area contributed by atoms with Crippen molar-refractivity contribution in [1.82, 2.24) is 5.32 Å². The Morgan fingerprint density at radius 1 is 1.28 bits per heavy atom. The van der Waals surface area contributed by atoms with Crippen molar-refractivity contribution < 1.29 is 4.42 Å². The Bertz CT molecular complexity index is 528. The molecule has 1 aromatic heterocycles. The number of fused-ring (bicyclic) bond motifs is 1. The normalized spacial score (nSPS) is 17.4. The van der Waals surface area contributed by atoms with Gasteiger partial charge in [0.2, 0.25) is 0 Å². The predicted molar refractivity (Wildman–Crippen MR) is 78.1 cm³/mol. The van der Waals surface area contributed by atoms with Crippen molar-refractivity contribution in [3.05, 3.63) is 35.6 Å². The van der Waals surface area contributed by atoms with Crippen LogP contribution < -0.4 is 5.32 Å². The number of thioether (sulfide) groups is 1. The first-order valence-electron chi connectivity index (χ1n) is 6.63. The fraction of sp³-hybridized carbons (Fsp3) is 0.467. The van der Waals surface area contributed by atoms with Crippen molar-refractivity contribution >= 4 is 22.7 Å². The second-order valence-corrected chi connectivity index (χ2v) is 6.13. The van der Waals surface area contributed by atoms with Crippen LogP contribution in [0.5, 0.6) is 0 Å². The molecule has 1 N–H and O–H groups in total. The maximum Gasteiger partial charge on any atom is 0.134 e. The summed E-state index contributed by atoms with van der Waals surface area (Å²) in [5.74, 6) is 3.64. The maximum absolute atomic E-state index is 5.79. The molecule has 1 aromatic carbocycles. The summed E-state index contributed by atoms with van der Waals surface area (Å²) < 4.78 is 5.79. The Morgan fingerprint density at radius 3 is 2.89 bits per heavy atom. The Labute approximate surface area is 112 Å². The molecule has 2 nitrogen and oxygen atoms in total. The topological polar surface area (TPSA) is 25.2 Å². The fourth-order valence-electron chi connectivity index (χ4n) is 2.59. The van der Waals surface area contributed by atoms with E-state index in [0.717, 1.165) is 17.9 Å². The lowest BCUT2D eigenvalue weighted by atomic mass is 10.1. The summed E-state index contributed by atoms with van der Waals surface area (Å²) in [5, 5.41) is 4.94. The Morgan fingerprint density at radius 2 is 2.06 bits per heavy atom. The first-order chi connectivity index (χ1) is 8.84. The molecule has 0 spiro atoms. The summed E-state index contributed by atoms with van der Waals surface area (Å²) in [6.07, 6.45) is 2.58. The van der Waals surface area contributed by atoms with E-state index in [9.17, 15) is 0 Å². The van der Waals surface area contributed by atoms with E-state index in [4.69, 9.17) is 4.42 Å². The number of nitrogens with one attached hydrogen (secondary N) is 1. The van der Waals surface area contributed by atoms with Crippen molar-refractivity contribution in [3.63, 3.8) is 0 Å². The minimum absolute atomic E-state index is 0.680. The van der Waals surface area contributed by atoms with Crippen LogP contribution in [0, 0.1) is 6.92 Å². The van der Waals surface area contributed by atoms with Crippen molar-refractivity contribution in [2.24, 2.45) is 0 Å². The number of rotatable bonds is 3. The molecule has 96 valence electrons. The van der Waals surface area contributed by atoms with Crippen LogP contribution in [0.2, 0.25) is 0 Å². The molecule has 2 heterocycles. The van der Waals surface area contributed by atoms with Gasteiger partial charge in [-0.25, -0.2) is 0 Å². The average molecular weight is 261 g/mol. The average Bonchev–Trinajstić information content (AvgIpc) is 2.73. The molecule has 1 fully saturated rings. The summed E-state index contributed by atoms with van der Waals surface area (Å²) in [5.41, 5.74) is 2.33. The molecular weight excluding hydrogens is 242 g/mol. The second kappa shape index (κ2) is 5.37.